The van der Waals surface area contributed by atoms with Crippen LogP contribution >= 0.6 is 0 Å². The molecule has 0 aromatic heterocycles. The number of primary amides is 1. The molecular weight excluding hydrogens is 270 g/mol. The van der Waals surface area contributed by atoms with Gasteiger partial charge in [-0.25, -0.2) is 0 Å². The Morgan fingerprint density at radius 2 is 1.86 bits per heavy atom. The van der Waals surface area contributed by atoms with Gasteiger partial charge in [0.2, 0.25) is 5.91 Å². The van der Waals surface area contributed by atoms with Crippen molar-refractivity contribution in [2.45, 2.75) is 0 Å². The summed E-state index contributed by atoms with van der Waals surface area (Å²) in [5.74, 6) is 0.646. The van der Waals surface area contributed by atoms with Crippen LogP contribution in [0.1, 0.15) is 15.9 Å². The monoisotopic (exact) mass is 283 g/mol. The summed E-state index contributed by atoms with van der Waals surface area (Å²) < 4.78 is 10.7. The molecule has 106 valence electrons. The predicted octanol–water partition coefficient (Wildman–Crippen LogP) is 2.04. The lowest BCUT2D eigenvalue weighted by atomic mass is 10.2. The molecule has 21 heavy (non-hydrogen) atoms. The molecule has 0 aliphatic carbocycles. The second-order valence-corrected chi connectivity index (χ2v) is 4.22. The summed E-state index contributed by atoms with van der Waals surface area (Å²) in [6, 6.07) is 11.3. The number of benzene rings is 2. The fourth-order valence-corrected chi connectivity index (χ4v) is 1.72. The van der Waals surface area contributed by atoms with Crippen LogP contribution in [0.25, 0.3) is 0 Å². The van der Waals surface area contributed by atoms with Crippen molar-refractivity contribution in [2.24, 2.45) is 5.73 Å². The van der Waals surface area contributed by atoms with Crippen molar-refractivity contribution in [3.63, 3.8) is 0 Å². The van der Waals surface area contributed by atoms with E-state index in [0.29, 0.717) is 28.5 Å². The van der Waals surface area contributed by atoms with Crippen LogP contribution in [0.2, 0.25) is 0 Å². The number of anilines is 1. The van der Waals surface area contributed by atoms with E-state index >= 15 is 0 Å². The third-order valence-corrected chi connectivity index (χ3v) is 2.78. The standard InChI is InChI=1S/C15H13N3O3/c1-20-12-4-9(15(18)19)5-13(7-12)21-11-2-3-14(17)10(6-11)8-16/h2-7H,17H2,1H3,(H2,18,19). The molecule has 0 fully saturated rings. The Morgan fingerprint density at radius 3 is 2.48 bits per heavy atom. The number of nitrogen functional groups attached to an aromatic ring is 1. The average molecular weight is 283 g/mol. The number of ether oxygens (including phenoxy) is 2. The van der Waals surface area contributed by atoms with Crippen molar-refractivity contribution in [1.82, 2.24) is 0 Å². The van der Waals surface area contributed by atoms with Crippen LogP contribution in [-0.4, -0.2) is 13.0 Å². The van der Waals surface area contributed by atoms with Crippen LogP contribution in [-0.2, 0) is 0 Å². The number of amides is 1. The van der Waals surface area contributed by atoms with Crippen LogP contribution < -0.4 is 20.9 Å². The largest absolute Gasteiger partial charge is 0.497 e. The minimum absolute atomic E-state index is 0.264. The van der Waals surface area contributed by atoms with Gasteiger partial charge in [-0.1, -0.05) is 0 Å². The summed E-state index contributed by atoms with van der Waals surface area (Å²) in [6.07, 6.45) is 0. The van der Waals surface area contributed by atoms with E-state index in [9.17, 15) is 4.79 Å². The summed E-state index contributed by atoms with van der Waals surface area (Å²) in [6.45, 7) is 0. The molecule has 1 amide bonds. The maximum atomic E-state index is 11.3. The number of nitrogens with zero attached hydrogens (tertiary/aromatic N) is 1. The van der Waals surface area contributed by atoms with Gasteiger partial charge in [-0.2, -0.15) is 5.26 Å². The highest BCUT2D eigenvalue weighted by atomic mass is 16.5. The first-order valence-corrected chi connectivity index (χ1v) is 6.00. The van der Waals surface area contributed by atoms with Gasteiger partial charge in [0.1, 0.15) is 23.3 Å². The van der Waals surface area contributed by atoms with Gasteiger partial charge in [-0.05, 0) is 24.3 Å². The van der Waals surface area contributed by atoms with Crippen molar-refractivity contribution in [3.8, 4) is 23.3 Å². The van der Waals surface area contributed by atoms with E-state index in [1.54, 1.807) is 18.2 Å². The zero-order valence-electron chi connectivity index (χ0n) is 11.3. The van der Waals surface area contributed by atoms with Crippen LogP contribution in [0.5, 0.6) is 17.2 Å². The number of carbonyl (C=O) groups is 1. The SMILES string of the molecule is COc1cc(Oc2ccc(N)c(C#N)c2)cc(C(N)=O)c1. The third kappa shape index (κ3) is 3.22. The molecule has 0 spiro atoms. The van der Waals surface area contributed by atoms with Gasteiger partial charge < -0.3 is 20.9 Å². The molecule has 6 heteroatoms. The topological polar surface area (TPSA) is 111 Å². The first-order valence-electron chi connectivity index (χ1n) is 6.00. The summed E-state index contributed by atoms with van der Waals surface area (Å²) in [4.78, 5) is 11.3. The molecule has 0 heterocycles. The first-order chi connectivity index (χ1) is 10.0. The fourth-order valence-electron chi connectivity index (χ4n) is 1.72. The Bertz CT molecular complexity index is 735. The van der Waals surface area contributed by atoms with Crippen LogP contribution in [0.15, 0.2) is 36.4 Å². The first kappa shape index (κ1) is 14.2. The molecule has 0 aliphatic heterocycles. The number of methoxy groups -OCH3 is 1. The Morgan fingerprint density at radius 1 is 1.14 bits per heavy atom. The fraction of sp³-hybridized carbons (Fsp3) is 0.0667. The molecule has 0 saturated heterocycles. The number of hydrogen-bond acceptors (Lipinski definition) is 5. The van der Waals surface area contributed by atoms with Crippen molar-refractivity contribution < 1.29 is 14.3 Å². The molecule has 0 saturated carbocycles. The highest BCUT2D eigenvalue weighted by Crippen LogP contribution is 2.28. The number of nitriles is 1. The second-order valence-electron chi connectivity index (χ2n) is 4.22. The van der Waals surface area contributed by atoms with Crippen LogP contribution in [0.3, 0.4) is 0 Å². The molecule has 4 N–H and O–H groups in total. The molecule has 0 radical (unpaired) electrons. The van der Waals surface area contributed by atoms with Gasteiger partial charge in [-0.15, -0.1) is 0 Å². The highest BCUT2D eigenvalue weighted by Gasteiger charge is 2.08. The molecule has 0 unspecified atom stereocenters. The third-order valence-electron chi connectivity index (χ3n) is 2.78. The number of rotatable bonds is 4. The van der Waals surface area contributed by atoms with E-state index in [4.69, 9.17) is 26.2 Å². The Hall–Kier alpha value is -3.20. The summed E-state index contributed by atoms with van der Waals surface area (Å²) in [5, 5.41) is 8.94. The van der Waals surface area contributed by atoms with E-state index in [0.717, 1.165) is 0 Å². The van der Waals surface area contributed by atoms with Crippen LogP contribution in [0.4, 0.5) is 5.69 Å². The Balaban J connectivity index is 2.37. The Labute approximate surface area is 121 Å². The van der Waals surface area contributed by atoms with E-state index in [1.165, 1.54) is 25.3 Å². The lowest BCUT2D eigenvalue weighted by molar-refractivity contribution is 0.0999. The second kappa shape index (κ2) is 5.84. The van der Waals surface area contributed by atoms with Crippen molar-refractivity contribution in [1.29, 1.82) is 5.26 Å². The van der Waals surface area contributed by atoms with Gasteiger partial charge in [0.15, 0.2) is 0 Å². The molecule has 0 atom stereocenters. The minimum atomic E-state index is -0.589. The lowest BCUT2D eigenvalue weighted by Crippen LogP contribution is -2.11. The van der Waals surface area contributed by atoms with Crippen molar-refractivity contribution >= 4 is 11.6 Å². The zero-order chi connectivity index (χ0) is 15.4. The maximum absolute atomic E-state index is 11.3. The van der Waals surface area contributed by atoms with E-state index in [1.807, 2.05) is 6.07 Å². The number of hydrogen-bond donors (Lipinski definition) is 2. The van der Waals surface area contributed by atoms with E-state index in [2.05, 4.69) is 0 Å². The summed E-state index contributed by atoms with van der Waals surface area (Å²) in [7, 11) is 1.47. The molecule has 0 aliphatic rings. The summed E-state index contributed by atoms with van der Waals surface area (Å²) in [5.41, 5.74) is 11.8. The molecule has 2 rings (SSSR count). The van der Waals surface area contributed by atoms with Crippen molar-refractivity contribution in [2.75, 3.05) is 12.8 Å². The Kier molecular flexibility index (Phi) is 3.95. The zero-order valence-corrected chi connectivity index (χ0v) is 11.3. The molecule has 2 aromatic rings. The highest BCUT2D eigenvalue weighted by molar-refractivity contribution is 5.93. The van der Waals surface area contributed by atoms with E-state index in [-0.39, 0.29) is 5.56 Å². The van der Waals surface area contributed by atoms with Gasteiger partial charge in [0.25, 0.3) is 0 Å². The summed E-state index contributed by atoms with van der Waals surface area (Å²) >= 11 is 0. The van der Waals surface area contributed by atoms with Gasteiger partial charge in [0.05, 0.1) is 12.7 Å². The number of nitrogens with two attached hydrogens (primary N) is 2. The van der Waals surface area contributed by atoms with Gasteiger partial charge >= 0.3 is 0 Å². The smallest absolute Gasteiger partial charge is 0.248 e. The number of carbonyl (C=O) groups excluding carboxylic acids is 1. The maximum Gasteiger partial charge on any atom is 0.248 e. The van der Waals surface area contributed by atoms with Gasteiger partial charge in [-0.3, -0.25) is 4.79 Å². The molecule has 0 bridgehead atoms. The normalized spacial score (nSPS) is 9.71. The average Bonchev–Trinajstić information content (AvgIpc) is 2.48. The van der Waals surface area contributed by atoms with Crippen LogP contribution in [0, 0.1) is 11.3 Å². The molecule has 2 aromatic carbocycles. The van der Waals surface area contributed by atoms with Crippen molar-refractivity contribution in [3.05, 3.63) is 47.5 Å². The predicted molar refractivity (Wildman–Crippen MR) is 77.2 cm³/mol. The van der Waals surface area contributed by atoms with Gasteiger partial charge in [0, 0.05) is 23.4 Å². The quantitative estimate of drug-likeness (QED) is 0.834. The van der Waals surface area contributed by atoms with E-state index < -0.39 is 5.91 Å². The molecule has 6 nitrogen and oxygen atoms in total. The molecular formula is C15H13N3O3. The minimum Gasteiger partial charge on any atom is -0.497 e. The lowest BCUT2D eigenvalue weighted by Gasteiger charge is -2.10.